The number of carbonyl (C=O) groups is 1. The van der Waals surface area contributed by atoms with E-state index in [2.05, 4.69) is 5.32 Å². The van der Waals surface area contributed by atoms with Gasteiger partial charge in [-0.15, -0.1) is 0 Å². The monoisotopic (exact) mass is 314 g/mol. The van der Waals surface area contributed by atoms with Crippen molar-refractivity contribution in [2.24, 2.45) is 0 Å². The number of rotatable bonds is 2. The first kappa shape index (κ1) is 14.0. The maximum absolute atomic E-state index is 12.1. The van der Waals surface area contributed by atoms with Gasteiger partial charge in [0.15, 0.2) is 0 Å². The van der Waals surface area contributed by atoms with Gasteiger partial charge in [-0.05, 0) is 24.3 Å². The van der Waals surface area contributed by atoms with E-state index < -0.39 is 5.91 Å². The van der Waals surface area contributed by atoms with E-state index in [9.17, 15) is 4.79 Å². The molecule has 0 heterocycles. The van der Waals surface area contributed by atoms with Crippen molar-refractivity contribution in [2.45, 2.75) is 0 Å². The molecule has 0 aliphatic heterocycles. The van der Waals surface area contributed by atoms with Gasteiger partial charge >= 0.3 is 0 Å². The summed E-state index contributed by atoms with van der Waals surface area (Å²) in [6, 6.07) is 9.82. The Bertz CT molecular complexity index is 644. The summed E-state index contributed by atoms with van der Waals surface area (Å²) in [6.07, 6.45) is 0. The molecule has 0 radical (unpaired) electrons. The van der Waals surface area contributed by atoms with Gasteiger partial charge in [-0.2, -0.15) is 0 Å². The second kappa shape index (κ2) is 5.70. The predicted molar refractivity (Wildman–Crippen MR) is 80.3 cm³/mol. The fraction of sp³-hybridized carbons (Fsp3) is 0. The quantitative estimate of drug-likeness (QED) is 0.803. The molecule has 2 rings (SSSR count). The van der Waals surface area contributed by atoms with Crippen LogP contribution in [0, 0.1) is 0 Å². The van der Waals surface area contributed by atoms with Crippen LogP contribution >= 0.6 is 34.8 Å². The number of nitrogens with two attached hydrogens (primary N) is 1. The lowest BCUT2D eigenvalue weighted by Crippen LogP contribution is -2.13. The molecule has 0 fully saturated rings. The molecular weight excluding hydrogens is 307 g/mol. The maximum Gasteiger partial charge on any atom is 0.257 e. The Labute approximate surface area is 125 Å². The van der Waals surface area contributed by atoms with Gasteiger partial charge in [-0.1, -0.05) is 46.9 Å². The Morgan fingerprint density at radius 1 is 1.05 bits per heavy atom. The van der Waals surface area contributed by atoms with E-state index in [0.717, 1.165) is 0 Å². The van der Waals surface area contributed by atoms with Crippen molar-refractivity contribution in [3.8, 4) is 0 Å². The summed E-state index contributed by atoms with van der Waals surface area (Å²) >= 11 is 17.8. The highest BCUT2D eigenvalue weighted by Gasteiger charge is 2.15. The van der Waals surface area contributed by atoms with E-state index in [1.807, 2.05) is 0 Å². The Morgan fingerprint density at radius 3 is 2.42 bits per heavy atom. The largest absolute Gasteiger partial charge is 0.399 e. The molecule has 1 amide bonds. The first-order chi connectivity index (χ1) is 8.99. The molecule has 0 aliphatic rings. The average molecular weight is 316 g/mol. The molecule has 2 aromatic rings. The summed E-state index contributed by atoms with van der Waals surface area (Å²) < 4.78 is 0. The summed E-state index contributed by atoms with van der Waals surface area (Å²) in [5, 5.41) is 3.47. The van der Waals surface area contributed by atoms with Crippen LogP contribution in [0.1, 0.15) is 10.4 Å². The summed E-state index contributed by atoms with van der Waals surface area (Å²) in [6.45, 7) is 0. The van der Waals surface area contributed by atoms with Crippen LogP contribution in [0.3, 0.4) is 0 Å². The Hall–Kier alpha value is -1.42. The summed E-state index contributed by atoms with van der Waals surface area (Å²) in [7, 11) is 0. The second-order valence-corrected chi connectivity index (χ2v) is 4.99. The average Bonchev–Trinajstić information content (AvgIpc) is 2.36. The second-order valence-electron chi connectivity index (χ2n) is 3.80. The van der Waals surface area contributed by atoms with Gasteiger partial charge in [0.2, 0.25) is 0 Å². The summed E-state index contributed by atoms with van der Waals surface area (Å²) in [5.41, 5.74) is 6.69. The Kier molecular flexibility index (Phi) is 4.20. The van der Waals surface area contributed by atoms with Crippen LogP contribution in [-0.4, -0.2) is 5.91 Å². The van der Waals surface area contributed by atoms with Gasteiger partial charge in [-0.25, -0.2) is 0 Å². The third-order valence-electron chi connectivity index (χ3n) is 2.42. The number of anilines is 2. The molecule has 0 bridgehead atoms. The van der Waals surface area contributed by atoms with Crippen molar-refractivity contribution in [3.05, 3.63) is 57.0 Å². The summed E-state index contributed by atoms with van der Waals surface area (Å²) in [4.78, 5) is 12.1. The number of nitrogens with one attached hydrogen (secondary N) is 1. The fourth-order valence-electron chi connectivity index (χ4n) is 1.53. The minimum atomic E-state index is -0.424. The Morgan fingerprint density at radius 2 is 1.74 bits per heavy atom. The van der Waals surface area contributed by atoms with E-state index >= 15 is 0 Å². The third-order valence-corrected chi connectivity index (χ3v) is 3.55. The van der Waals surface area contributed by atoms with Crippen molar-refractivity contribution < 1.29 is 4.79 Å². The molecule has 2 aromatic carbocycles. The molecule has 0 aromatic heterocycles. The molecule has 19 heavy (non-hydrogen) atoms. The molecule has 6 heteroatoms. The lowest BCUT2D eigenvalue weighted by Gasteiger charge is -2.09. The number of para-hydroxylation sites is 1. The van der Waals surface area contributed by atoms with Crippen LogP contribution < -0.4 is 11.1 Å². The molecule has 3 nitrogen and oxygen atoms in total. The summed E-state index contributed by atoms with van der Waals surface area (Å²) in [5.74, 6) is -0.424. The molecule has 3 N–H and O–H groups in total. The van der Waals surface area contributed by atoms with Crippen LogP contribution in [0.2, 0.25) is 15.1 Å². The van der Waals surface area contributed by atoms with Crippen molar-refractivity contribution in [1.82, 2.24) is 0 Å². The van der Waals surface area contributed by atoms with Crippen LogP contribution in [0.25, 0.3) is 0 Å². The van der Waals surface area contributed by atoms with Crippen LogP contribution in [0.4, 0.5) is 11.4 Å². The zero-order valence-corrected chi connectivity index (χ0v) is 11.9. The first-order valence-electron chi connectivity index (χ1n) is 5.29. The lowest BCUT2D eigenvalue weighted by atomic mass is 10.2. The maximum atomic E-state index is 12.1. The first-order valence-corrected chi connectivity index (χ1v) is 6.43. The van der Waals surface area contributed by atoms with Crippen molar-refractivity contribution >= 4 is 52.1 Å². The van der Waals surface area contributed by atoms with Gasteiger partial charge in [0, 0.05) is 5.69 Å². The number of halogens is 3. The Balaban J connectivity index is 2.33. The zero-order chi connectivity index (χ0) is 14.0. The van der Waals surface area contributed by atoms with Crippen LogP contribution in [0.15, 0.2) is 36.4 Å². The molecule has 0 spiro atoms. The molecule has 0 atom stereocenters. The fourth-order valence-corrected chi connectivity index (χ4v) is 2.13. The number of hydrogen-bond donors (Lipinski definition) is 2. The molecule has 0 saturated carbocycles. The standard InChI is InChI=1S/C13H9Cl3N2O/c14-9-3-1-2-4-11(9)18-13(19)8-5-7(17)6-10(15)12(8)16/h1-6H,17H2,(H,18,19). The molecular formula is C13H9Cl3N2O. The molecule has 0 aliphatic carbocycles. The van der Waals surface area contributed by atoms with E-state index in [1.165, 1.54) is 12.1 Å². The van der Waals surface area contributed by atoms with E-state index in [0.29, 0.717) is 16.4 Å². The highest BCUT2D eigenvalue weighted by atomic mass is 35.5. The van der Waals surface area contributed by atoms with Gasteiger partial charge < -0.3 is 11.1 Å². The van der Waals surface area contributed by atoms with Gasteiger partial charge in [0.25, 0.3) is 5.91 Å². The number of carbonyl (C=O) groups excluding carboxylic acids is 1. The number of amides is 1. The topological polar surface area (TPSA) is 55.1 Å². The van der Waals surface area contributed by atoms with Crippen molar-refractivity contribution in [1.29, 1.82) is 0 Å². The SMILES string of the molecule is Nc1cc(Cl)c(Cl)c(C(=O)Nc2ccccc2Cl)c1. The molecule has 0 unspecified atom stereocenters. The van der Waals surface area contributed by atoms with E-state index in [-0.39, 0.29) is 15.6 Å². The van der Waals surface area contributed by atoms with Gasteiger partial charge in [0.05, 0.1) is 26.3 Å². The zero-order valence-electron chi connectivity index (χ0n) is 9.58. The normalized spacial score (nSPS) is 10.3. The van der Waals surface area contributed by atoms with Crippen LogP contribution in [0.5, 0.6) is 0 Å². The third kappa shape index (κ3) is 3.13. The number of benzene rings is 2. The van der Waals surface area contributed by atoms with Gasteiger partial charge in [-0.3, -0.25) is 4.79 Å². The number of nitrogen functional groups attached to an aromatic ring is 1. The lowest BCUT2D eigenvalue weighted by molar-refractivity contribution is 0.102. The van der Waals surface area contributed by atoms with E-state index in [4.69, 9.17) is 40.5 Å². The highest BCUT2D eigenvalue weighted by molar-refractivity contribution is 6.44. The highest BCUT2D eigenvalue weighted by Crippen LogP contribution is 2.30. The van der Waals surface area contributed by atoms with Crippen LogP contribution in [-0.2, 0) is 0 Å². The van der Waals surface area contributed by atoms with E-state index in [1.54, 1.807) is 24.3 Å². The minimum absolute atomic E-state index is 0.153. The number of hydrogen-bond acceptors (Lipinski definition) is 2. The van der Waals surface area contributed by atoms with Gasteiger partial charge in [0.1, 0.15) is 0 Å². The molecule has 98 valence electrons. The molecule has 0 saturated heterocycles. The van der Waals surface area contributed by atoms with Crippen molar-refractivity contribution in [2.75, 3.05) is 11.1 Å². The minimum Gasteiger partial charge on any atom is -0.399 e. The smallest absolute Gasteiger partial charge is 0.257 e. The van der Waals surface area contributed by atoms with Crippen molar-refractivity contribution in [3.63, 3.8) is 0 Å². The predicted octanol–water partition coefficient (Wildman–Crippen LogP) is 4.48.